The van der Waals surface area contributed by atoms with Crippen molar-refractivity contribution in [3.8, 4) is 0 Å². The number of nitrogens with zero attached hydrogens (tertiary/aromatic N) is 2. The molecule has 1 unspecified atom stereocenters. The van der Waals surface area contributed by atoms with Crippen molar-refractivity contribution in [3.63, 3.8) is 0 Å². The summed E-state index contributed by atoms with van der Waals surface area (Å²) >= 11 is 0. The number of aliphatic imine (C=N–C) groups is 1. The van der Waals surface area contributed by atoms with Crippen molar-refractivity contribution >= 4 is 29.9 Å². The van der Waals surface area contributed by atoms with E-state index >= 15 is 0 Å². The molecule has 1 aromatic carbocycles. The number of alkyl halides is 3. The van der Waals surface area contributed by atoms with Crippen molar-refractivity contribution < 1.29 is 17.6 Å². The molecule has 1 atom stereocenters. The predicted molar refractivity (Wildman–Crippen MR) is 117 cm³/mol. The van der Waals surface area contributed by atoms with Crippen LogP contribution in [0.3, 0.4) is 0 Å². The summed E-state index contributed by atoms with van der Waals surface area (Å²) in [6, 6.07) is 6.84. The van der Waals surface area contributed by atoms with Crippen LogP contribution in [0.4, 0.5) is 17.6 Å². The summed E-state index contributed by atoms with van der Waals surface area (Å²) in [7, 11) is 0. The third-order valence-electron chi connectivity index (χ3n) is 5.51. The molecule has 2 fully saturated rings. The highest BCUT2D eigenvalue weighted by molar-refractivity contribution is 14.0. The highest BCUT2D eigenvalue weighted by atomic mass is 127. The van der Waals surface area contributed by atoms with Gasteiger partial charge < -0.3 is 10.6 Å². The number of rotatable bonds is 7. The zero-order chi connectivity index (χ0) is 20.2. The minimum absolute atomic E-state index is 0. The molecule has 9 heteroatoms. The average molecular weight is 528 g/mol. The zero-order valence-corrected chi connectivity index (χ0v) is 18.9. The number of hydrogen-bond donors (Lipinski definition) is 2. The Bertz CT molecular complexity index is 691. The van der Waals surface area contributed by atoms with Crippen LogP contribution in [-0.4, -0.2) is 56.3 Å². The Balaban J connectivity index is 0.00000300. The lowest BCUT2D eigenvalue weighted by atomic mass is 9.95. The van der Waals surface area contributed by atoms with Crippen LogP contribution in [0.15, 0.2) is 29.3 Å². The quantitative estimate of drug-likeness (QED) is 0.244. The molecule has 4 nitrogen and oxygen atoms in total. The molecule has 1 saturated carbocycles. The first kappa shape index (κ1) is 24.2. The highest BCUT2D eigenvalue weighted by Crippen LogP contribution is 2.49. The number of halogens is 5. The van der Waals surface area contributed by atoms with E-state index in [1.807, 2.05) is 19.1 Å². The van der Waals surface area contributed by atoms with E-state index in [-0.39, 0.29) is 41.1 Å². The van der Waals surface area contributed by atoms with Crippen molar-refractivity contribution in [1.29, 1.82) is 0 Å². The highest BCUT2D eigenvalue weighted by Gasteiger charge is 2.45. The van der Waals surface area contributed by atoms with Gasteiger partial charge in [0.1, 0.15) is 5.82 Å². The molecule has 1 heterocycles. The number of guanidine groups is 1. The molecule has 1 aliphatic carbocycles. The van der Waals surface area contributed by atoms with Crippen molar-refractivity contribution in [1.82, 2.24) is 15.5 Å². The first-order valence-corrected chi connectivity index (χ1v) is 9.87. The number of hydrogen-bond acceptors (Lipinski definition) is 2. The molecule has 1 aromatic rings. The summed E-state index contributed by atoms with van der Waals surface area (Å²) in [5, 5.41) is 6.42. The van der Waals surface area contributed by atoms with Crippen molar-refractivity contribution in [2.45, 2.75) is 37.8 Å². The van der Waals surface area contributed by atoms with E-state index in [1.165, 1.54) is 11.0 Å². The zero-order valence-electron chi connectivity index (χ0n) is 16.6. The molecule has 3 rings (SSSR count). The molecule has 2 N–H and O–H groups in total. The summed E-state index contributed by atoms with van der Waals surface area (Å²) in [4.78, 5) is 6.09. The SMILES string of the molecule is CCNC(=NCC1(c2ccccc2F)CC1)NCC1CCN(CC(F)(F)F)C1.I. The van der Waals surface area contributed by atoms with Crippen molar-refractivity contribution in [2.75, 3.05) is 39.3 Å². The fourth-order valence-corrected chi connectivity index (χ4v) is 3.84. The van der Waals surface area contributed by atoms with Gasteiger partial charge in [0.2, 0.25) is 0 Å². The molecule has 164 valence electrons. The Morgan fingerprint density at radius 2 is 1.97 bits per heavy atom. The maximum atomic E-state index is 14.1. The van der Waals surface area contributed by atoms with Gasteiger partial charge in [-0.25, -0.2) is 4.39 Å². The van der Waals surface area contributed by atoms with Gasteiger partial charge in [0.15, 0.2) is 5.96 Å². The second kappa shape index (κ2) is 10.3. The Morgan fingerprint density at radius 1 is 1.24 bits per heavy atom. The van der Waals surface area contributed by atoms with Crippen molar-refractivity contribution in [2.24, 2.45) is 10.9 Å². The van der Waals surface area contributed by atoms with Crippen LogP contribution in [0.5, 0.6) is 0 Å². The Labute approximate surface area is 186 Å². The van der Waals surface area contributed by atoms with Gasteiger partial charge in [0.25, 0.3) is 0 Å². The minimum Gasteiger partial charge on any atom is -0.357 e. The van der Waals surface area contributed by atoms with Gasteiger partial charge in [0, 0.05) is 25.0 Å². The van der Waals surface area contributed by atoms with E-state index in [0.29, 0.717) is 44.2 Å². The van der Waals surface area contributed by atoms with E-state index < -0.39 is 12.7 Å². The van der Waals surface area contributed by atoms with Gasteiger partial charge >= 0.3 is 6.18 Å². The van der Waals surface area contributed by atoms with Crippen LogP contribution in [0.2, 0.25) is 0 Å². The maximum absolute atomic E-state index is 14.1. The molecule has 0 amide bonds. The molecule has 0 radical (unpaired) electrons. The summed E-state index contributed by atoms with van der Waals surface area (Å²) < 4.78 is 51.7. The number of nitrogens with one attached hydrogen (secondary N) is 2. The Morgan fingerprint density at radius 3 is 2.59 bits per heavy atom. The second-order valence-electron chi connectivity index (χ2n) is 7.84. The molecular weight excluding hydrogens is 499 g/mol. The van der Waals surface area contributed by atoms with Gasteiger partial charge in [-0.3, -0.25) is 9.89 Å². The lowest BCUT2D eigenvalue weighted by Crippen LogP contribution is -2.41. The predicted octanol–water partition coefficient (Wildman–Crippen LogP) is 3.91. The van der Waals surface area contributed by atoms with Gasteiger partial charge in [-0.2, -0.15) is 13.2 Å². The molecule has 1 aliphatic heterocycles. The third kappa shape index (κ3) is 6.97. The maximum Gasteiger partial charge on any atom is 0.401 e. The summed E-state index contributed by atoms with van der Waals surface area (Å²) in [5.41, 5.74) is 0.484. The van der Waals surface area contributed by atoms with E-state index in [4.69, 9.17) is 0 Å². The fraction of sp³-hybridized carbons (Fsp3) is 0.650. The normalized spacial score (nSPS) is 21.6. The van der Waals surface area contributed by atoms with E-state index in [0.717, 1.165) is 19.3 Å². The Kier molecular flexibility index (Phi) is 8.57. The van der Waals surface area contributed by atoms with Crippen LogP contribution < -0.4 is 10.6 Å². The summed E-state index contributed by atoms with van der Waals surface area (Å²) in [6.07, 6.45) is -1.59. The van der Waals surface area contributed by atoms with Crippen LogP contribution in [-0.2, 0) is 5.41 Å². The molecule has 0 aromatic heterocycles. The first-order chi connectivity index (χ1) is 13.3. The first-order valence-electron chi connectivity index (χ1n) is 9.87. The van der Waals surface area contributed by atoms with Crippen molar-refractivity contribution in [3.05, 3.63) is 35.6 Å². The molecule has 0 spiro atoms. The summed E-state index contributed by atoms with van der Waals surface area (Å²) in [6.45, 7) is 3.77. The smallest absolute Gasteiger partial charge is 0.357 e. The third-order valence-corrected chi connectivity index (χ3v) is 5.51. The van der Waals surface area contributed by atoms with E-state index in [1.54, 1.807) is 6.07 Å². The van der Waals surface area contributed by atoms with Gasteiger partial charge in [-0.05, 0) is 50.3 Å². The van der Waals surface area contributed by atoms with E-state index in [2.05, 4.69) is 15.6 Å². The van der Waals surface area contributed by atoms with Gasteiger partial charge in [0.05, 0.1) is 13.1 Å². The fourth-order valence-electron chi connectivity index (χ4n) is 3.84. The topological polar surface area (TPSA) is 39.7 Å². The van der Waals surface area contributed by atoms with Crippen LogP contribution in [0.25, 0.3) is 0 Å². The van der Waals surface area contributed by atoms with Crippen LogP contribution in [0.1, 0.15) is 31.7 Å². The lowest BCUT2D eigenvalue weighted by Gasteiger charge is -2.19. The number of likely N-dealkylation sites (tertiary alicyclic amines) is 1. The summed E-state index contributed by atoms with van der Waals surface area (Å²) in [5.74, 6) is 0.607. The van der Waals surface area contributed by atoms with Gasteiger partial charge in [-0.15, -0.1) is 24.0 Å². The monoisotopic (exact) mass is 528 g/mol. The largest absolute Gasteiger partial charge is 0.401 e. The lowest BCUT2D eigenvalue weighted by molar-refractivity contribution is -0.143. The minimum atomic E-state index is -4.15. The second-order valence-corrected chi connectivity index (χ2v) is 7.84. The molecule has 0 bridgehead atoms. The number of benzene rings is 1. The molecule has 1 saturated heterocycles. The van der Waals surface area contributed by atoms with Crippen LogP contribution in [0, 0.1) is 11.7 Å². The average Bonchev–Trinajstić information content (AvgIpc) is 3.29. The molecule has 2 aliphatic rings. The van der Waals surface area contributed by atoms with E-state index in [9.17, 15) is 17.6 Å². The van der Waals surface area contributed by atoms with Crippen LogP contribution >= 0.6 is 24.0 Å². The standard InChI is InChI=1S/C20H28F4N4.HI/c1-2-25-18(26-11-15-7-10-28(12-15)14-20(22,23)24)27-13-19(8-9-19)16-5-3-4-6-17(16)21;/h3-6,15H,2,7-14H2,1H3,(H2,25,26,27);1H. The van der Waals surface area contributed by atoms with Gasteiger partial charge in [-0.1, -0.05) is 18.2 Å². The molecular formula is C20H29F4IN4. The Hall–Kier alpha value is -1.10. The molecule has 29 heavy (non-hydrogen) atoms.